The van der Waals surface area contributed by atoms with Crippen molar-refractivity contribution in [2.75, 3.05) is 6.61 Å². The van der Waals surface area contributed by atoms with E-state index in [1.165, 1.54) is 13.8 Å². The molecule has 6 N–H and O–H groups in total. The molecule has 8 heteroatoms. The number of aliphatic carboxylic acids is 1. The van der Waals surface area contributed by atoms with Crippen LogP contribution in [0.2, 0.25) is 0 Å². The highest BCUT2D eigenvalue weighted by Gasteiger charge is 2.34. The second-order valence-corrected chi connectivity index (χ2v) is 5.44. The Morgan fingerprint density at radius 1 is 1.25 bits per heavy atom. The maximum absolute atomic E-state index is 12.0. The van der Waals surface area contributed by atoms with Gasteiger partial charge in [0.2, 0.25) is 11.8 Å². The Balaban J connectivity index is 4.81. The van der Waals surface area contributed by atoms with E-state index in [2.05, 4.69) is 10.6 Å². The third-order valence-corrected chi connectivity index (χ3v) is 2.76. The topological polar surface area (TPSA) is 142 Å². The number of nitrogens with two attached hydrogens (primary N) is 1. The van der Waals surface area contributed by atoms with E-state index in [9.17, 15) is 14.4 Å². The van der Waals surface area contributed by atoms with Crippen molar-refractivity contribution < 1.29 is 24.6 Å². The number of aliphatic hydroxyl groups is 1. The summed E-state index contributed by atoms with van der Waals surface area (Å²) in [6, 6.07) is -2.19. The maximum Gasteiger partial charge on any atom is 0.326 e. The fourth-order valence-electron chi connectivity index (χ4n) is 1.38. The first-order valence-corrected chi connectivity index (χ1v) is 6.25. The second-order valence-electron chi connectivity index (χ2n) is 5.44. The summed E-state index contributed by atoms with van der Waals surface area (Å²) in [4.78, 5) is 34.6. The van der Waals surface area contributed by atoms with Crippen LogP contribution in [0.25, 0.3) is 0 Å². The summed E-state index contributed by atoms with van der Waals surface area (Å²) in [6.07, 6.45) is 0. The van der Waals surface area contributed by atoms with Crippen molar-refractivity contribution in [3.63, 3.8) is 0 Å². The van der Waals surface area contributed by atoms with E-state index in [1.54, 1.807) is 13.8 Å². The smallest absolute Gasteiger partial charge is 0.326 e. The third kappa shape index (κ3) is 5.14. The lowest BCUT2D eigenvalue weighted by Crippen LogP contribution is -2.61. The van der Waals surface area contributed by atoms with Crippen molar-refractivity contribution >= 4 is 17.8 Å². The maximum atomic E-state index is 12.0. The predicted molar refractivity (Wildman–Crippen MR) is 71.7 cm³/mol. The van der Waals surface area contributed by atoms with Crippen LogP contribution in [0.1, 0.15) is 27.7 Å². The minimum absolute atomic E-state index is 0.303. The van der Waals surface area contributed by atoms with Gasteiger partial charge in [0, 0.05) is 0 Å². The first-order chi connectivity index (χ1) is 9.02. The van der Waals surface area contributed by atoms with Gasteiger partial charge >= 0.3 is 5.97 Å². The highest BCUT2D eigenvalue weighted by molar-refractivity contribution is 5.94. The molecular weight excluding hydrogens is 266 g/mol. The van der Waals surface area contributed by atoms with Crippen molar-refractivity contribution in [1.29, 1.82) is 0 Å². The lowest BCUT2D eigenvalue weighted by Gasteiger charge is -2.29. The van der Waals surface area contributed by atoms with Crippen LogP contribution >= 0.6 is 0 Å². The molecule has 0 saturated carbocycles. The average Bonchev–Trinajstić information content (AvgIpc) is 2.32. The number of aliphatic hydroxyl groups excluding tert-OH is 1. The monoisotopic (exact) mass is 289 g/mol. The van der Waals surface area contributed by atoms with Gasteiger partial charge in [-0.15, -0.1) is 0 Å². The third-order valence-electron chi connectivity index (χ3n) is 2.76. The van der Waals surface area contributed by atoms with Crippen LogP contribution in [0.3, 0.4) is 0 Å². The number of carbonyl (C=O) groups excluding carboxylic acids is 2. The molecule has 0 aromatic carbocycles. The molecule has 0 aromatic heterocycles. The van der Waals surface area contributed by atoms with Crippen LogP contribution in [0, 0.1) is 5.92 Å². The summed E-state index contributed by atoms with van der Waals surface area (Å²) in [5, 5.41) is 22.5. The van der Waals surface area contributed by atoms with Crippen molar-refractivity contribution in [1.82, 2.24) is 10.6 Å². The first kappa shape index (κ1) is 18.3. The van der Waals surface area contributed by atoms with E-state index < -0.39 is 42.0 Å². The lowest BCUT2D eigenvalue weighted by atomic mass is 9.99. The lowest BCUT2D eigenvalue weighted by molar-refractivity contribution is -0.144. The number of nitrogens with one attached hydrogen (secondary N) is 2. The first-order valence-electron chi connectivity index (χ1n) is 6.25. The number of rotatable bonds is 7. The van der Waals surface area contributed by atoms with Crippen LogP contribution in [0.5, 0.6) is 0 Å². The Hall–Kier alpha value is -1.67. The predicted octanol–water partition coefficient (Wildman–Crippen LogP) is -1.57. The summed E-state index contributed by atoms with van der Waals surface area (Å²) < 4.78 is 0. The molecule has 0 spiro atoms. The molecular formula is C12H23N3O5. The minimum atomic E-state index is -1.34. The van der Waals surface area contributed by atoms with Crippen LogP contribution in [0.15, 0.2) is 0 Å². The molecule has 8 nitrogen and oxygen atoms in total. The molecule has 0 heterocycles. The van der Waals surface area contributed by atoms with Gasteiger partial charge in [0.25, 0.3) is 0 Å². The van der Waals surface area contributed by atoms with Gasteiger partial charge in [-0.25, -0.2) is 4.79 Å². The van der Waals surface area contributed by atoms with Gasteiger partial charge in [-0.2, -0.15) is 0 Å². The van der Waals surface area contributed by atoms with Gasteiger partial charge in [-0.1, -0.05) is 13.8 Å². The zero-order chi connectivity index (χ0) is 16.1. The zero-order valence-corrected chi connectivity index (χ0v) is 12.1. The van der Waals surface area contributed by atoms with Crippen LogP contribution < -0.4 is 16.4 Å². The Kier molecular flexibility index (Phi) is 6.60. The molecule has 0 rings (SSSR count). The molecule has 0 aliphatic heterocycles. The van der Waals surface area contributed by atoms with Gasteiger partial charge in [-0.3, -0.25) is 9.59 Å². The second kappa shape index (κ2) is 7.20. The normalized spacial score (nSPS) is 14.6. The van der Waals surface area contributed by atoms with E-state index in [0.29, 0.717) is 0 Å². The van der Waals surface area contributed by atoms with E-state index >= 15 is 0 Å². The zero-order valence-electron chi connectivity index (χ0n) is 12.1. The van der Waals surface area contributed by atoms with Gasteiger partial charge in [0.15, 0.2) is 0 Å². The summed E-state index contributed by atoms with van der Waals surface area (Å²) in [5.41, 5.74) is 3.99. The molecule has 0 fully saturated rings. The molecule has 0 aromatic rings. The summed E-state index contributed by atoms with van der Waals surface area (Å²) in [6.45, 7) is 5.61. The van der Waals surface area contributed by atoms with Crippen molar-refractivity contribution in [2.45, 2.75) is 45.3 Å². The number of hydrogen-bond donors (Lipinski definition) is 5. The van der Waals surface area contributed by atoms with Crippen molar-refractivity contribution in [2.24, 2.45) is 11.7 Å². The number of carbonyl (C=O) groups is 3. The molecule has 0 aliphatic rings. The molecule has 2 atom stereocenters. The average molecular weight is 289 g/mol. The van der Waals surface area contributed by atoms with Gasteiger partial charge < -0.3 is 26.6 Å². The SMILES string of the molecule is CC(C)[C@H](NC(=O)C(C)(C)NC(=O)[C@@H](N)CO)C(=O)O. The number of amides is 2. The Bertz CT molecular complexity index is 381. The number of carboxylic acids is 1. The molecule has 0 unspecified atom stereocenters. The Labute approximate surface area is 117 Å². The standard InChI is InChI=1S/C12H23N3O5/c1-6(2)8(10(18)19)14-11(20)12(3,4)15-9(17)7(13)5-16/h6-8,16H,5,13H2,1-4H3,(H,14,20)(H,15,17)(H,18,19)/t7-,8-/m0/s1. The highest BCUT2D eigenvalue weighted by Crippen LogP contribution is 2.07. The Morgan fingerprint density at radius 3 is 2.10 bits per heavy atom. The quantitative estimate of drug-likeness (QED) is 0.383. The van der Waals surface area contributed by atoms with E-state index in [0.717, 1.165) is 0 Å². The van der Waals surface area contributed by atoms with Gasteiger partial charge in [0.1, 0.15) is 17.6 Å². The van der Waals surface area contributed by atoms with Crippen LogP contribution in [-0.2, 0) is 14.4 Å². The van der Waals surface area contributed by atoms with E-state index in [4.69, 9.17) is 15.9 Å². The van der Waals surface area contributed by atoms with E-state index in [-0.39, 0.29) is 5.92 Å². The van der Waals surface area contributed by atoms with Crippen LogP contribution in [0.4, 0.5) is 0 Å². The summed E-state index contributed by atoms with van der Waals surface area (Å²) >= 11 is 0. The molecule has 0 radical (unpaired) electrons. The number of hydrogen-bond acceptors (Lipinski definition) is 5. The number of carboxylic acid groups (broad SMARTS) is 1. The van der Waals surface area contributed by atoms with Crippen molar-refractivity contribution in [3.05, 3.63) is 0 Å². The fourth-order valence-corrected chi connectivity index (χ4v) is 1.38. The molecule has 116 valence electrons. The van der Waals surface area contributed by atoms with Crippen LogP contribution in [-0.4, -0.2) is 52.2 Å². The van der Waals surface area contributed by atoms with Gasteiger partial charge in [-0.05, 0) is 19.8 Å². The van der Waals surface area contributed by atoms with E-state index in [1.807, 2.05) is 0 Å². The molecule has 0 bridgehead atoms. The molecule has 20 heavy (non-hydrogen) atoms. The van der Waals surface area contributed by atoms with Crippen molar-refractivity contribution in [3.8, 4) is 0 Å². The largest absolute Gasteiger partial charge is 0.480 e. The minimum Gasteiger partial charge on any atom is -0.480 e. The Morgan fingerprint density at radius 2 is 1.75 bits per heavy atom. The van der Waals surface area contributed by atoms with Gasteiger partial charge in [0.05, 0.1) is 6.61 Å². The molecule has 2 amide bonds. The molecule has 0 saturated heterocycles. The summed E-state index contributed by atoms with van der Waals surface area (Å²) in [5.74, 6) is -2.79. The fraction of sp³-hybridized carbons (Fsp3) is 0.750. The summed E-state index contributed by atoms with van der Waals surface area (Å²) in [7, 11) is 0. The highest BCUT2D eigenvalue weighted by atomic mass is 16.4. The molecule has 0 aliphatic carbocycles.